The number of carbonyl (C=O) groups is 1. The highest BCUT2D eigenvalue weighted by Gasteiger charge is 2.28. The summed E-state index contributed by atoms with van der Waals surface area (Å²) in [6, 6.07) is 21.0. The van der Waals surface area contributed by atoms with E-state index < -0.39 is 16.9 Å². The average Bonchev–Trinajstić information content (AvgIpc) is 2.77. The van der Waals surface area contributed by atoms with Gasteiger partial charge in [0.2, 0.25) is 0 Å². The summed E-state index contributed by atoms with van der Waals surface area (Å²) in [6.45, 7) is 0.627. The predicted octanol–water partition coefficient (Wildman–Crippen LogP) is 3.89. The molecule has 0 atom stereocenters. The van der Waals surface area contributed by atoms with Crippen LogP contribution in [0.4, 0.5) is 5.69 Å². The standard InChI is InChI=1S/C22H18N2O5/c25-22(17-13-19-20(29-12-11-28-19)14-18(17)24(26)27)23-21(15-7-3-1-4-8-15)16-9-5-2-6-10-16/h1-10,13-14,21H,11-12H2,(H,23,25). The number of nitro benzene ring substituents is 1. The Morgan fingerprint density at radius 1 is 0.897 bits per heavy atom. The third-order valence-corrected chi connectivity index (χ3v) is 4.64. The molecule has 0 fully saturated rings. The van der Waals surface area contributed by atoms with Crippen LogP contribution in [0.25, 0.3) is 0 Å². The summed E-state index contributed by atoms with van der Waals surface area (Å²) in [4.78, 5) is 24.1. The van der Waals surface area contributed by atoms with E-state index in [-0.39, 0.29) is 17.0 Å². The second kappa shape index (κ2) is 8.02. The molecule has 0 spiro atoms. The van der Waals surface area contributed by atoms with Crippen molar-refractivity contribution < 1.29 is 19.2 Å². The molecule has 29 heavy (non-hydrogen) atoms. The Labute approximate surface area is 167 Å². The monoisotopic (exact) mass is 390 g/mol. The number of hydrogen-bond donors (Lipinski definition) is 1. The minimum absolute atomic E-state index is 0.0730. The van der Waals surface area contributed by atoms with Crippen molar-refractivity contribution in [3.63, 3.8) is 0 Å². The lowest BCUT2D eigenvalue weighted by atomic mass is 9.98. The largest absolute Gasteiger partial charge is 0.486 e. The van der Waals surface area contributed by atoms with Crippen molar-refractivity contribution >= 4 is 11.6 Å². The van der Waals surface area contributed by atoms with E-state index in [1.54, 1.807) is 0 Å². The molecule has 7 nitrogen and oxygen atoms in total. The molecule has 7 heteroatoms. The maximum Gasteiger partial charge on any atom is 0.286 e. The first kappa shape index (κ1) is 18.5. The Hall–Kier alpha value is -3.87. The summed E-state index contributed by atoms with van der Waals surface area (Å²) in [7, 11) is 0. The first-order chi connectivity index (χ1) is 14.1. The van der Waals surface area contributed by atoms with Gasteiger partial charge in [0, 0.05) is 6.07 Å². The van der Waals surface area contributed by atoms with Crippen molar-refractivity contribution in [2.45, 2.75) is 6.04 Å². The van der Waals surface area contributed by atoms with Crippen molar-refractivity contribution in [2.75, 3.05) is 13.2 Å². The summed E-state index contributed by atoms with van der Waals surface area (Å²) >= 11 is 0. The highest BCUT2D eigenvalue weighted by Crippen LogP contribution is 2.37. The fraction of sp³-hybridized carbons (Fsp3) is 0.136. The second-order valence-electron chi connectivity index (χ2n) is 6.50. The topological polar surface area (TPSA) is 90.7 Å². The number of fused-ring (bicyclic) bond motifs is 1. The Morgan fingerprint density at radius 3 is 1.93 bits per heavy atom. The zero-order chi connectivity index (χ0) is 20.2. The quantitative estimate of drug-likeness (QED) is 0.527. The highest BCUT2D eigenvalue weighted by molar-refractivity contribution is 5.99. The van der Waals surface area contributed by atoms with Gasteiger partial charge in [0.25, 0.3) is 11.6 Å². The van der Waals surface area contributed by atoms with Crippen LogP contribution in [0.3, 0.4) is 0 Å². The van der Waals surface area contributed by atoms with Crippen LogP contribution in [0.15, 0.2) is 72.8 Å². The minimum Gasteiger partial charge on any atom is -0.486 e. The molecule has 0 aromatic heterocycles. The maximum atomic E-state index is 13.1. The minimum atomic E-state index is -0.590. The average molecular weight is 390 g/mol. The van der Waals surface area contributed by atoms with E-state index >= 15 is 0 Å². The number of rotatable bonds is 5. The third kappa shape index (κ3) is 3.89. The second-order valence-corrected chi connectivity index (χ2v) is 6.50. The molecule has 0 unspecified atom stereocenters. The molecule has 0 radical (unpaired) electrons. The first-order valence-electron chi connectivity index (χ1n) is 9.12. The van der Waals surface area contributed by atoms with Crippen LogP contribution in [0.1, 0.15) is 27.5 Å². The SMILES string of the molecule is O=C(NC(c1ccccc1)c1ccccc1)c1cc2c(cc1[N+](=O)[O-])OCCO2. The molecule has 1 aliphatic rings. The maximum absolute atomic E-state index is 13.1. The number of nitrogens with one attached hydrogen (secondary N) is 1. The molecule has 0 saturated carbocycles. The van der Waals surface area contributed by atoms with Crippen molar-refractivity contribution in [1.82, 2.24) is 5.32 Å². The van der Waals surface area contributed by atoms with Crippen LogP contribution in [-0.4, -0.2) is 24.0 Å². The zero-order valence-electron chi connectivity index (χ0n) is 15.4. The van der Waals surface area contributed by atoms with E-state index in [0.717, 1.165) is 11.1 Å². The van der Waals surface area contributed by atoms with Gasteiger partial charge < -0.3 is 14.8 Å². The molecule has 1 aliphatic heterocycles. The van der Waals surface area contributed by atoms with Gasteiger partial charge in [-0.15, -0.1) is 0 Å². The van der Waals surface area contributed by atoms with Crippen LogP contribution in [0, 0.1) is 10.1 Å². The Kier molecular flexibility index (Phi) is 5.11. The van der Waals surface area contributed by atoms with Crippen molar-refractivity contribution in [2.24, 2.45) is 0 Å². The number of nitro groups is 1. The van der Waals surface area contributed by atoms with Gasteiger partial charge in [0.15, 0.2) is 11.5 Å². The Balaban J connectivity index is 1.72. The smallest absolute Gasteiger partial charge is 0.286 e. The van der Waals surface area contributed by atoms with Crippen molar-refractivity contribution in [1.29, 1.82) is 0 Å². The van der Waals surface area contributed by atoms with Crippen LogP contribution in [0.5, 0.6) is 11.5 Å². The van der Waals surface area contributed by atoms with E-state index in [4.69, 9.17) is 9.47 Å². The number of carbonyl (C=O) groups excluding carboxylic acids is 1. The van der Waals surface area contributed by atoms with E-state index in [1.807, 2.05) is 60.7 Å². The van der Waals surface area contributed by atoms with E-state index in [9.17, 15) is 14.9 Å². The Bertz CT molecular complexity index is 998. The van der Waals surface area contributed by atoms with Gasteiger partial charge >= 0.3 is 0 Å². The van der Waals surface area contributed by atoms with E-state index in [0.29, 0.717) is 19.0 Å². The lowest BCUT2D eigenvalue weighted by Gasteiger charge is -2.21. The fourth-order valence-electron chi connectivity index (χ4n) is 3.27. The Morgan fingerprint density at radius 2 is 1.41 bits per heavy atom. The van der Waals surface area contributed by atoms with Crippen LogP contribution in [0.2, 0.25) is 0 Å². The van der Waals surface area contributed by atoms with Crippen LogP contribution in [-0.2, 0) is 0 Å². The summed E-state index contributed by atoms with van der Waals surface area (Å²) in [5, 5.41) is 14.5. The van der Waals surface area contributed by atoms with Crippen molar-refractivity contribution in [3.8, 4) is 11.5 Å². The van der Waals surface area contributed by atoms with Gasteiger partial charge in [0.1, 0.15) is 18.8 Å². The number of benzene rings is 3. The molecule has 1 amide bonds. The van der Waals surface area contributed by atoms with Crippen molar-refractivity contribution in [3.05, 3.63) is 99.6 Å². The zero-order valence-corrected chi connectivity index (χ0v) is 15.4. The summed E-state index contributed by atoms with van der Waals surface area (Å²) < 4.78 is 10.9. The van der Waals surface area contributed by atoms with E-state index in [1.165, 1.54) is 12.1 Å². The molecular formula is C22H18N2O5. The van der Waals surface area contributed by atoms with Gasteiger partial charge in [-0.05, 0) is 11.1 Å². The number of amides is 1. The summed E-state index contributed by atoms with van der Waals surface area (Å²) in [5.74, 6) is 0.0246. The van der Waals surface area contributed by atoms with Gasteiger partial charge in [-0.25, -0.2) is 0 Å². The number of ether oxygens (including phenoxy) is 2. The summed E-state index contributed by atoms with van der Waals surface area (Å²) in [6.07, 6.45) is 0. The molecule has 1 heterocycles. The number of hydrogen-bond acceptors (Lipinski definition) is 5. The molecule has 146 valence electrons. The molecule has 0 saturated heterocycles. The van der Waals surface area contributed by atoms with E-state index in [2.05, 4.69) is 5.32 Å². The predicted molar refractivity (Wildman–Crippen MR) is 106 cm³/mol. The van der Waals surface area contributed by atoms with Crippen LogP contribution < -0.4 is 14.8 Å². The normalized spacial score (nSPS) is 12.4. The lowest BCUT2D eigenvalue weighted by Crippen LogP contribution is -2.30. The molecule has 1 N–H and O–H groups in total. The van der Waals surface area contributed by atoms with Gasteiger partial charge in [0.05, 0.1) is 17.0 Å². The molecule has 0 aliphatic carbocycles. The highest BCUT2D eigenvalue weighted by atomic mass is 16.6. The molecular weight excluding hydrogens is 372 g/mol. The molecule has 4 rings (SSSR count). The third-order valence-electron chi connectivity index (χ3n) is 4.64. The van der Waals surface area contributed by atoms with Crippen LogP contribution >= 0.6 is 0 Å². The summed E-state index contributed by atoms with van der Waals surface area (Å²) in [5.41, 5.74) is 1.34. The first-order valence-corrected chi connectivity index (χ1v) is 9.12. The molecule has 3 aromatic carbocycles. The lowest BCUT2D eigenvalue weighted by molar-refractivity contribution is -0.385. The van der Waals surface area contributed by atoms with Gasteiger partial charge in [-0.3, -0.25) is 14.9 Å². The van der Waals surface area contributed by atoms with Gasteiger partial charge in [-0.1, -0.05) is 60.7 Å². The van der Waals surface area contributed by atoms with Gasteiger partial charge in [-0.2, -0.15) is 0 Å². The molecule has 0 bridgehead atoms. The fourth-order valence-corrected chi connectivity index (χ4v) is 3.27. The molecule has 3 aromatic rings. The number of nitrogens with zero attached hydrogens (tertiary/aromatic N) is 1.